The molecule has 1 aliphatic heterocycles. The molecule has 1 aromatic carbocycles. The highest BCUT2D eigenvalue weighted by atomic mass is 19.1. The average molecular weight is 422 g/mol. The van der Waals surface area contributed by atoms with Crippen LogP contribution >= 0.6 is 0 Å². The molecule has 0 atom stereocenters. The maximum absolute atomic E-state index is 13.6. The molecule has 0 saturated carbocycles. The zero-order chi connectivity index (χ0) is 21.7. The second-order valence-corrected chi connectivity index (χ2v) is 7.03. The Morgan fingerprint density at radius 2 is 1.77 bits per heavy atom. The van der Waals surface area contributed by atoms with Gasteiger partial charge in [0.15, 0.2) is 5.78 Å². The van der Waals surface area contributed by atoms with Crippen molar-refractivity contribution in [3.8, 4) is 5.88 Å². The number of Topliss-reactive ketones (excluding diaryl/α,β-unsaturated/α-hetero) is 1. The summed E-state index contributed by atoms with van der Waals surface area (Å²) in [5.41, 5.74) is -0.672. The van der Waals surface area contributed by atoms with Crippen LogP contribution in [-0.4, -0.2) is 55.0 Å². The number of ketones is 1. The number of benzene rings is 1. The number of hydrogen-bond donors (Lipinski definition) is 0. The van der Waals surface area contributed by atoms with Gasteiger partial charge in [-0.2, -0.15) is 0 Å². The van der Waals surface area contributed by atoms with E-state index in [4.69, 9.17) is 9.47 Å². The summed E-state index contributed by atoms with van der Waals surface area (Å²) in [4.78, 5) is 30.8. The van der Waals surface area contributed by atoms with Gasteiger partial charge >= 0.3 is 5.97 Å². The highest BCUT2D eigenvalue weighted by molar-refractivity contribution is 5.96. The van der Waals surface area contributed by atoms with Crippen LogP contribution in [0.25, 0.3) is 0 Å². The summed E-state index contributed by atoms with van der Waals surface area (Å²) in [5.74, 6) is -5.05. The van der Waals surface area contributed by atoms with Gasteiger partial charge in [-0.25, -0.2) is 22.9 Å². The lowest BCUT2D eigenvalue weighted by Crippen LogP contribution is -2.33. The summed E-state index contributed by atoms with van der Waals surface area (Å²) >= 11 is 0. The third-order valence-electron chi connectivity index (χ3n) is 4.84. The SMILES string of the molecule is CN1CCC(C(=O)c2cccc(OCCOC(=O)c3c(F)cc(F)cc3F)n2)CC1. The molecule has 1 aromatic heterocycles. The monoisotopic (exact) mass is 422 g/mol. The summed E-state index contributed by atoms with van der Waals surface area (Å²) in [5, 5.41) is 0. The molecule has 0 spiro atoms. The summed E-state index contributed by atoms with van der Waals surface area (Å²) in [6.07, 6.45) is 1.54. The van der Waals surface area contributed by atoms with E-state index in [1.165, 1.54) is 0 Å². The van der Waals surface area contributed by atoms with Crippen LogP contribution in [0.5, 0.6) is 5.88 Å². The number of hydrogen-bond acceptors (Lipinski definition) is 6. The van der Waals surface area contributed by atoms with E-state index in [0.29, 0.717) is 17.8 Å². The first kappa shape index (κ1) is 21.8. The van der Waals surface area contributed by atoms with E-state index < -0.39 is 29.0 Å². The minimum absolute atomic E-state index is 0.0396. The number of ether oxygens (including phenoxy) is 2. The predicted octanol–water partition coefficient (Wildman–Crippen LogP) is 3.26. The molecule has 0 N–H and O–H groups in total. The lowest BCUT2D eigenvalue weighted by atomic mass is 9.91. The highest BCUT2D eigenvalue weighted by Crippen LogP contribution is 2.21. The fourth-order valence-electron chi connectivity index (χ4n) is 3.20. The van der Waals surface area contributed by atoms with E-state index in [2.05, 4.69) is 9.88 Å². The van der Waals surface area contributed by atoms with Crippen LogP contribution in [0.3, 0.4) is 0 Å². The quantitative estimate of drug-likeness (QED) is 0.388. The van der Waals surface area contributed by atoms with Gasteiger partial charge in [0.25, 0.3) is 0 Å². The van der Waals surface area contributed by atoms with E-state index in [-0.39, 0.29) is 30.8 Å². The Morgan fingerprint density at radius 3 is 2.43 bits per heavy atom. The summed E-state index contributed by atoms with van der Waals surface area (Å²) in [7, 11) is 2.01. The van der Waals surface area contributed by atoms with Gasteiger partial charge in [-0.05, 0) is 39.0 Å². The Kier molecular flexibility index (Phi) is 7.04. The Labute approximate surface area is 171 Å². The van der Waals surface area contributed by atoms with Crippen LogP contribution in [0.1, 0.15) is 33.7 Å². The molecule has 0 unspecified atom stereocenters. The number of carbonyl (C=O) groups is 2. The molecule has 1 fully saturated rings. The van der Waals surface area contributed by atoms with E-state index in [1.807, 2.05) is 7.05 Å². The third kappa shape index (κ3) is 5.35. The molecule has 0 aliphatic carbocycles. The van der Waals surface area contributed by atoms with Crippen LogP contribution in [0.2, 0.25) is 0 Å². The molecule has 30 heavy (non-hydrogen) atoms. The van der Waals surface area contributed by atoms with Crippen LogP contribution in [0, 0.1) is 23.4 Å². The summed E-state index contributed by atoms with van der Waals surface area (Å²) < 4.78 is 50.2. The van der Waals surface area contributed by atoms with E-state index in [1.54, 1.807) is 18.2 Å². The molecule has 3 rings (SSSR count). The van der Waals surface area contributed by atoms with Crippen molar-refractivity contribution in [1.82, 2.24) is 9.88 Å². The number of rotatable bonds is 7. The molecule has 1 saturated heterocycles. The molecule has 0 amide bonds. The molecule has 0 bridgehead atoms. The summed E-state index contributed by atoms with van der Waals surface area (Å²) in [6.45, 7) is 1.25. The van der Waals surface area contributed by atoms with Gasteiger partial charge in [0, 0.05) is 24.1 Å². The molecule has 0 radical (unpaired) electrons. The topological polar surface area (TPSA) is 68.7 Å². The molecule has 9 heteroatoms. The largest absolute Gasteiger partial charge is 0.474 e. The van der Waals surface area contributed by atoms with Gasteiger partial charge in [0.1, 0.15) is 41.9 Å². The minimum Gasteiger partial charge on any atom is -0.474 e. The predicted molar refractivity (Wildman–Crippen MR) is 101 cm³/mol. The lowest BCUT2D eigenvalue weighted by molar-refractivity contribution is 0.0436. The first-order valence-electron chi connectivity index (χ1n) is 9.49. The van der Waals surface area contributed by atoms with Crippen molar-refractivity contribution >= 4 is 11.8 Å². The van der Waals surface area contributed by atoms with Gasteiger partial charge in [-0.1, -0.05) is 6.07 Å². The number of piperidine rings is 1. The zero-order valence-corrected chi connectivity index (χ0v) is 16.4. The number of nitrogens with zero attached hydrogens (tertiary/aromatic N) is 2. The first-order valence-corrected chi connectivity index (χ1v) is 9.49. The van der Waals surface area contributed by atoms with Crippen molar-refractivity contribution < 1.29 is 32.2 Å². The molecule has 6 nitrogen and oxygen atoms in total. The van der Waals surface area contributed by atoms with Gasteiger partial charge < -0.3 is 14.4 Å². The number of likely N-dealkylation sites (tertiary alicyclic amines) is 1. The smallest absolute Gasteiger partial charge is 0.344 e. The average Bonchev–Trinajstić information content (AvgIpc) is 2.71. The van der Waals surface area contributed by atoms with Crippen molar-refractivity contribution in [3.05, 3.63) is 59.0 Å². The normalized spacial score (nSPS) is 15.1. The van der Waals surface area contributed by atoms with Gasteiger partial charge in [0.2, 0.25) is 5.88 Å². The van der Waals surface area contributed by atoms with Crippen molar-refractivity contribution in [2.75, 3.05) is 33.4 Å². The van der Waals surface area contributed by atoms with Crippen LogP contribution in [0.15, 0.2) is 30.3 Å². The molecular weight excluding hydrogens is 401 g/mol. The van der Waals surface area contributed by atoms with E-state index in [0.717, 1.165) is 25.9 Å². The number of carbonyl (C=O) groups excluding carboxylic acids is 2. The Bertz CT molecular complexity index is 907. The number of esters is 1. The van der Waals surface area contributed by atoms with Crippen LogP contribution in [-0.2, 0) is 4.74 Å². The van der Waals surface area contributed by atoms with Crippen molar-refractivity contribution in [3.63, 3.8) is 0 Å². The molecule has 2 heterocycles. The molecule has 160 valence electrons. The fourth-order valence-corrected chi connectivity index (χ4v) is 3.20. The van der Waals surface area contributed by atoms with Crippen LogP contribution in [0.4, 0.5) is 13.2 Å². The third-order valence-corrected chi connectivity index (χ3v) is 4.84. The van der Waals surface area contributed by atoms with Gasteiger partial charge in [-0.15, -0.1) is 0 Å². The number of aromatic nitrogens is 1. The van der Waals surface area contributed by atoms with Crippen molar-refractivity contribution in [2.45, 2.75) is 12.8 Å². The fraction of sp³-hybridized carbons (Fsp3) is 0.381. The Balaban J connectivity index is 1.51. The van der Waals surface area contributed by atoms with Crippen LogP contribution < -0.4 is 4.74 Å². The Morgan fingerprint density at radius 1 is 1.10 bits per heavy atom. The Hall–Kier alpha value is -2.94. The molecule has 2 aromatic rings. The highest BCUT2D eigenvalue weighted by Gasteiger charge is 2.25. The second kappa shape index (κ2) is 9.71. The van der Waals surface area contributed by atoms with E-state index in [9.17, 15) is 22.8 Å². The van der Waals surface area contributed by atoms with Gasteiger partial charge in [0.05, 0.1) is 0 Å². The number of halogens is 3. The standard InChI is InChI=1S/C21H21F3N2O4/c1-26-7-5-13(6-8-26)20(27)17-3-2-4-18(25-17)29-9-10-30-21(28)19-15(23)11-14(22)12-16(19)24/h2-4,11-13H,5-10H2,1H3. The van der Waals surface area contributed by atoms with Crippen molar-refractivity contribution in [1.29, 1.82) is 0 Å². The zero-order valence-electron chi connectivity index (χ0n) is 16.4. The maximum atomic E-state index is 13.6. The lowest BCUT2D eigenvalue weighted by Gasteiger charge is -2.27. The van der Waals surface area contributed by atoms with Crippen molar-refractivity contribution in [2.24, 2.45) is 5.92 Å². The maximum Gasteiger partial charge on any atom is 0.344 e. The van der Waals surface area contributed by atoms with E-state index >= 15 is 0 Å². The number of pyridine rings is 1. The van der Waals surface area contributed by atoms with Gasteiger partial charge in [-0.3, -0.25) is 4.79 Å². The second-order valence-electron chi connectivity index (χ2n) is 7.03. The first-order chi connectivity index (χ1) is 14.3. The summed E-state index contributed by atoms with van der Waals surface area (Å²) in [6, 6.07) is 5.60. The molecular formula is C21H21F3N2O4. The molecule has 1 aliphatic rings. The minimum atomic E-state index is -1.35.